The standard InChI is InChI=1S/C20H18N4O7S2/c1-2-31-18(25)10-15-12-32-20(21-15)22-19(26)13-6-8-14(9-7-13)23-33(29,30)17-5-3-4-16(11-17)24(27)28/h3-9,11-12,23H,2,10H2,1H3,(H,21,22,26). The number of non-ortho nitro benzene ring substituents is 1. The van der Waals surface area contributed by atoms with Crippen LogP contribution < -0.4 is 10.0 Å². The summed E-state index contributed by atoms with van der Waals surface area (Å²) in [6, 6.07) is 10.2. The lowest BCUT2D eigenvalue weighted by Gasteiger charge is -2.09. The van der Waals surface area contributed by atoms with Crippen molar-refractivity contribution in [3.8, 4) is 0 Å². The van der Waals surface area contributed by atoms with Crippen molar-refractivity contribution in [2.45, 2.75) is 18.2 Å². The molecule has 172 valence electrons. The first kappa shape index (κ1) is 23.8. The SMILES string of the molecule is CCOC(=O)Cc1csc(NC(=O)c2ccc(NS(=O)(=O)c3cccc([N+](=O)[O-])c3)cc2)n1. The molecule has 0 bridgehead atoms. The molecule has 3 rings (SSSR count). The van der Waals surface area contributed by atoms with Gasteiger partial charge in [0, 0.05) is 28.8 Å². The van der Waals surface area contributed by atoms with E-state index in [1.54, 1.807) is 12.3 Å². The normalized spacial score (nSPS) is 10.9. The molecule has 0 aliphatic carbocycles. The zero-order valence-corrected chi connectivity index (χ0v) is 18.8. The van der Waals surface area contributed by atoms with Gasteiger partial charge in [-0.1, -0.05) is 6.07 Å². The topological polar surface area (TPSA) is 158 Å². The summed E-state index contributed by atoms with van der Waals surface area (Å²) >= 11 is 1.15. The maximum absolute atomic E-state index is 12.5. The average Bonchev–Trinajstić information content (AvgIpc) is 3.20. The number of benzene rings is 2. The Hall–Kier alpha value is -3.84. The molecule has 0 radical (unpaired) electrons. The zero-order valence-electron chi connectivity index (χ0n) is 17.2. The fourth-order valence-electron chi connectivity index (χ4n) is 2.64. The van der Waals surface area contributed by atoms with Gasteiger partial charge >= 0.3 is 5.97 Å². The number of amides is 1. The number of carbonyl (C=O) groups excluding carboxylic acids is 2. The molecule has 11 nitrogen and oxygen atoms in total. The number of nitrogens with zero attached hydrogens (tertiary/aromatic N) is 2. The van der Waals surface area contributed by atoms with E-state index in [0.29, 0.717) is 10.8 Å². The third-order valence-corrected chi connectivity index (χ3v) is 6.33. The van der Waals surface area contributed by atoms with Gasteiger partial charge in [0.2, 0.25) is 0 Å². The molecule has 1 heterocycles. The average molecular weight is 491 g/mol. The summed E-state index contributed by atoms with van der Waals surface area (Å²) in [4.78, 5) is 38.0. The third-order valence-electron chi connectivity index (χ3n) is 4.14. The fraction of sp³-hybridized carbons (Fsp3) is 0.150. The Balaban J connectivity index is 1.64. The van der Waals surface area contributed by atoms with Gasteiger partial charge in [0.05, 0.1) is 28.5 Å². The minimum absolute atomic E-state index is 0.000374. The van der Waals surface area contributed by atoms with Gasteiger partial charge in [-0.2, -0.15) is 0 Å². The number of esters is 1. The van der Waals surface area contributed by atoms with E-state index in [1.807, 2.05) is 0 Å². The summed E-state index contributed by atoms with van der Waals surface area (Å²) in [6.45, 7) is 1.97. The predicted molar refractivity (Wildman–Crippen MR) is 121 cm³/mol. The largest absolute Gasteiger partial charge is 0.466 e. The number of carbonyl (C=O) groups is 2. The van der Waals surface area contributed by atoms with Gasteiger partial charge < -0.3 is 4.74 Å². The molecule has 33 heavy (non-hydrogen) atoms. The van der Waals surface area contributed by atoms with Crippen LogP contribution >= 0.6 is 11.3 Å². The summed E-state index contributed by atoms with van der Waals surface area (Å²) < 4.78 is 32.2. The van der Waals surface area contributed by atoms with E-state index in [-0.39, 0.29) is 34.9 Å². The fourth-order valence-corrected chi connectivity index (χ4v) is 4.45. The van der Waals surface area contributed by atoms with Gasteiger partial charge in [0.15, 0.2) is 5.13 Å². The van der Waals surface area contributed by atoms with Crippen molar-refractivity contribution >= 4 is 49.7 Å². The molecular formula is C20H18N4O7S2. The van der Waals surface area contributed by atoms with Crippen LogP contribution in [0.1, 0.15) is 23.0 Å². The van der Waals surface area contributed by atoms with Crippen LogP contribution in [0.4, 0.5) is 16.5 Å². The molecule has 0 aliphatic heterocycles. The maximum atomic E-state index is 12.5. The van der Waals surface area contributed by atoms with Crippen molar-refractivity contribution in [2.24, 2.45) is 0 Å². The number of anilines is 2. The molecule has 3 aromatic rings. The van der Waals surface area contributed by atoms with Crippen LogP contribution in [0.3, 0.4) is 0 Å². The first-order valence-electron chi connectivity index (χ1n) is 9.46. The lowest BCUT2D eigenvalue weighted by molar-refractivity contribution is -0.385. The summed E-state index contributed by atoms with van der Waals surface area (Å²) in [6.07, 6.45) is -0.000374. The monoisotopic (exact) mass is 490 g/mol. The van der Waals surface area contributed by atoms with E-state index >= 15 is 0 Å². The second kappa shape index (κ2) is 10.2. The van der Waals surface area contributed by atoms with Crippen LogP contribution in [0.15, 0.2) is 58.8 Å². The summed E-state index contributed by atoms with van der Waals surface area (Å²) in [5.74, 6) is -0.885. The third kappa shape index (κ3) is 6.33. The smallest absolute Gasteiger partial charge is 0.311 e. The van der Waals surface area contributed by atoms with Gasteiger partial charge in [-0.3, -0.25) is 29.7 Å². The van der Waals surface area contributed by atoms with Crippen molar-refractivity contribution < 1.29 is 27.7 Å². The molecule has 0 spiro atoms. The highest BCUT2D eigenvalue weighted by Gasteiger charge is 2.18. The van der Waals surface area contributed by atoms with E-state index in [2.05, 4.69) is 15.0 Å². The Morgan fingerprint density at radius 3 is 2.58 bits per heavy atom. The molecule has 0 aliphatic rings. The molecule has 0 fully saturated rings. The van der Waals surface area contributed by atoms with Gasteiger partial charge in [-0.15, -0.1) is 11.3 Å². The van der Waals surface area contributed by atoms with Crippen molar-refractivity contribution in [3.05, 3.63) is 75.3 Å². The number of ether oxygens (including phenoxy) is 1. The second-order valence-electron chi connectivity index (χ2n) is 6.52. The summed E-state index contributed by atoms with van der Waals surface area (Å²) in [5, 5.41) is 15.4. The first-order valence-corrected chi connectivity index (χ1v) is 11.8. The Labute approximate surface area is 192 Å². The molecule has 1 amide bonds. The van der Waals surface area contributed by atoms with Crippen LogP contribution in [0.2, 0.25) is 0 Å². The minimum Gasteiger partial charge on any atom is -0.466 e. The number of nitrogens with one attached hydrogen (secondary N) is 2. The van der Waals surface area contributed by atoms with Gasteiger partial charge in [-0.05, 0) is 37.3 Å². The van der Waals surface area contributed by atoms with Crippen LogP contribution in [0.5, 0.6) is 0 Å². The summed E-state index contributed by atoms with van der Waals surface area (Å²) in [7, 11) is -4.06. The quantitative estimate of drug-likeness (QED) is 0.263. The molecule has 0 atom stereocenters. The number of thiazole rings is 1. The number of rotatable bonds is 9. The van der Waals surface area contributed by atoms with E-state index in [0.717, 1.165) is 17.4 Å². The van der Waals surface area contributed by atoms with Crippen molar-refractivity contribution in [1.29, 1.82) is 0 Å². The number of nitro groups is 1. The van der Waals surface area contributed by atoms with E-state index < -0.39 is 26.8 Å². The predicted octanol–water partition coefficient (Wildman–Crippen LogP) is 3.21. The van der Waals surface area contributed by atoms with Crippen LogP contribution in [-0.4, -0.2) is 36.8 Å². The summed E-state index contributed by atoms with van der Waals surface area (Å²) in [5.41, 5.74) is 0.539. The van der Waals surface area contributed by atoms with E-state index in [4.69, 9.17) is 4.74 Å². The maximum Gasteiger partial charge on any atom is 0.311 e. The van der Waals surface area contributed by atoms with Crippen molar-refractivity contribution in [1.82, 2.24) is 4.98 Å². The van der Waals surface area contributed by atoms with Crippen LogP contribution in [0.25, 0.3) is 0 Å². The van der Waals surface area contributed by atoms with E-state index in [1.165, 1.54) is 42.5 Å². The number of nitro benzene ring substituents is 1. The first-order chi connectivity index (χ1) is 15.7. The van der Waals surface area contributed by atoms with E-state index in [9.17, 15) is 28.1 Å². The van der Waals surface area contributed by atoms with Crippen LogP contribution in [0, 0.1) is 10.1 Å². The molecule has 0 unspecified atom stereocenters. The van der Waals surface area contributed by atoms with Crippen molar-refractivity contribution in [2.75, 3.05) is 16.6 Å². The Morgan fingerprint density at radius 1 is 1.18 bits per heavy atom. The Kier molecular flexibility index (Phi) is 7.35. The zero-order chi connectivity index (χ0) is 24.0. The van der Waals surface area contributed by atoms with Gasteiger partial charge in [0.1, 0.15) is 0 Å². The Bertz CT molecular complexity index is 1290. The second-order valence-corrected chi connectivity index (χ2v) is 9.06. The molecule has 0 saturated carbocycles. The molecule has 13 heteroatoms. The highest BCUT2D eigenvalue weighted by Crippen LogP contribution is 2.22. The molecule has 2 aromatic carbocycles. The number of hydrogen-bond acceptors (Lipinski definition) is 9. The lowest BCUT2D eigenvalue weighted by Crippen LogP contribution is -2.14. The Morgan fingerprint density at radius 2 is 1.91 bits per heavy atom. The molecular weight excluding hydrogens is 472 g/mol. The van der Waals surface area contributed by atoms with Crippen LogP contribution in [-0.2, 0) is 26.0 Å². The molecule has 2 N–H and O–H groups in total. The minimum atomic E-state index is -4.06. The highest BCUT2D eigenvalue weighted by molar-refractivity contribution is 7.92. The number of aromatic nitrogens is 1. The van der Waals surface area contributed by atoms with Crippen molar-refractivity contribution in [3.63, 3.8) is 0 Å². The van der Waals surface area contributed by atoms with Gasteiger partial charge in [0.25, 0.3) is 21.6 Å². The van der Waals surface area contributed by atoms with Gasteiger partial charge in [-0.25, -0.2) is 13.4 Å². The number of hydrogen-bond donors (Lipinski definition) is 2. The highest BCUT2D eigenvalue weighted by atomic mass is 32.2. The number of sulfonamides is 1. The molecule has 1 aromatic heterocycles. The molecule has 0 saturated heterocycles. The lowest BCUT2D eigenvalue weighted by atomic mass is 10.2.